The molecule has 107 valence electrons. The van der Waals surface area contributed by atoms with Crippen molar-refractivity contribution in [2.75, 3.05) is 13.2 Å². The van der Waals surface area contributed by atoms with E-state index in [0.717, 1.165) is 0 Å². The molecule has 0 aromatic heterocycles. The van der Waals surface area contributed by atoms with Crippen LogP contribution in [0.25, 0.3) is 0 Å². The normalized spacial score (nSPS) is 13.1. The predicted octanol–water partition coefficient (Wildman–Crippen LogP) is -0.798. The number of hydrogen-bond donors (Lipinski definition) is 4. The van der Waals surface area contributed by atoms with Crippen molar-refractivity contribution in [3.63, 3.8) is 0 Å². The molecule has 0 aromatic rings. The van der Waals surface area contributed by atoms with Gasteiger partial charge in [0.1, 0.15) is 0 Å². The van der Waals surface area contributed by atoms with Crippen LogP contribution >= 0.6 is 0 Å². The Kier molecular flexibility index (Phi) is 14.2. The molecule has 0 bridgehead atoms. The van der Waals surface area contributed by atoms with Crippen molar-refractivity contribution < 1.29 is 21.8 Å². The summed E-state index contributed by atoms with van der Waals surface area (Å²) in [4.78, 5) is 0. The summed E-state index contributed by atoms with van der Waals surface area (Å²) in [7, 11) is 0. The molecule has 10 heteroatoms. The monoisotopic (exact) mass is 339 g/mol. The quantitative estimate of drug-likeness (QED) is 0.115. The van der Waals surface area contributed by atoms with E-state index in [2.05, 4.69) is 46.3 Å². The molecule has 0 spiro atoms. The summed E-state index contributed by atoms with van der Waals surface area (Å²) in [5.41, 5.74) is 10.5. The third-order valence-electron chi connectivity index (χ3n) is 1.55. The summed E-state index contributed by atoms with van der Waals surface area (Å²) in [5.74, 6) is 0. The van der Waals surface area contributed by atoms with Gasteiger partial charge in [0.25, 0.3) is 0 Å². The minimum atomic E-state index is -0.178. The van der Waals surface area contributed by atoms with E-state index in [0.29, 0.717) is 19.6 Å². The predicted molar refractivity (Wildman–Crippen MR) is 73.7 cm³/mol. The first kappa shape index (κ1) is 19.8. The molecule has 7 nitrogen and oxygen atoms in total. The van der Waals surface area contributed by atoms with E-state index in [4.69, 9.17) is 15.9 Å². The minimum Gasteiger partial charge on any atom is -0.742 e. The third kappa shape index (κ3) is 13.6. The van der Waals surface area contributed by atoms with Gasteiger partial charge in [0.15, 0.2) is 0 Å². The standard InChI is InChI=1S/C8H18N6OS2.Cu/c1-2-15-4-3-6(12-14-8(10)17)5-11-13-7(9)16;/h5-6,12H,2-4H2,1H3,(H3,9,13,16)(H3,10,14,17);/q;+2/p-2/b11-5+;. The van der Waals surface area contributed by atoms with Crippen LogP contribution in [0, 0.1) is 5.41 Å². The first-order valence-electron chi connectivity index (χ1n) is 4.94. The van der Waals surface area contributed by atoms with Gasteiger partial charge in [0, 0.05) is 19.4 Å². The van der Waals surface area contributed by atoms with E-state index < -0.39 is 0 Å². The zero-order valence-corrected chi connectivity index (χ0v) is 12.3. The topological polar surface area (TPSA) is 108 Å². The first-order valence-corrected chi connectivity index (χ1v) is 5.76. The molecule has 1 atom stereocenters. The number of nitrogens with zero attached hydrogens (tertiary/aromatic N) is 2. The first-order chi connectivity index (χ1) is 8.06. The summed E-state index contributed by atoms with van der Waals surface area (Å²) in [6.07, 6.45) is 2.17. The fourth-order valence-corrected chi connectivity index (χ4v) is 0.974. The SMILES string of the molecule is CCOCCC(/C=N/N=C(/N)[S-])NNC(=N)[S-].[Cu+2]. The van der Waals surface area contributed by atoms with Crippen LogP contribution in [0.4, 0.5) is 0 Å². The van der Waals surface area contributed by atoms with Gasteiger partial charge in [-0.2, -0.15) is 10.2 Å². The van der Waals surface area contributed by atoms with Gasteiger partial charge in [-0.3, -0.25) is 0 Å². The maximum Gasteiger partial charge on any atom is 2.00 e. The molecule has 1 radical (unpaired) electrons. The minimum absolute atomic E-state index is 0. The molecule has 0 aliphatic carbocycles. The van der Waals surface area contributed by atoms with Gasteiger partial charge < -0.3 is 46.6 Å². The average Bonchev–Trinajstić information content (AvgIpc) is 2.24. The van der Waals surface area contributed by atoms with Crippen molar-refractivity contribution in [1.82, 2.24) is 10.9 Å². The number of amidine groups is 2. The fourth-order valence-electron chi connectivity index (χ4n) is 0.868. The number of ether oxygens (including phenoxy) is 1. The fraction of sp³-hybridized carbons (Fsp3) is 0.625. The van der Waals surface area contributed by atoms with Gasteiger partial charge in [0.05, 0.1) is 6.04 Å². The Labute approximate surface area is 128 Å². The number of hydrazine groups is 1. The van der Waals surface area contributed by atoms with E-state index >= 15 is 0 Å². The zero-order chi connectivity index (χ0) is 13.1. The molecule has 0 aliphatic heterocycles. The summed E-state index contributed by atoms with van der Waals surface area (Å²) < 4.78 is 5.21. The molecule has 0 amide bonds. The molecule has 0 rings (SSSR count). The van der Waals surface area contributed by atoms with E-state index in [-0.39, 0.29) is 33.4 Å². The van der Waals surface area contributed by atoms with E-state index in [1.165, 1.54) is 6.21 Å². The maximum atomic E-state index is 7.05. The van der Waals surface area contributed by atoms with E-state index in [9.17, 15) is 0 Å². The van der Waals surface area contributed by atoms with Crippen LogP contribution < -0.4 is 16.6 Å². The Bertz CT molecular complexity index is 285. The number of rotatable bonds is 8. The molecule has 0 fully saturated rings. The van der Waals surface area contributed by atoms with Crippen molar-refractivity contribution in [2.24, 2.45) is 15.9 Å². The maximum absolute atomic E-state index is 7.05. The Morgan fingerprint density at radius 2 is 2.22 bits per heavy atom. The second-order valence-corrected chi connectivity index (χ2v) is 3.72. The molecule has 0 saturated heterocycles. The Morgan fingerprint density at radius 3 is 2.72 bits per heavy atom. The van der Waals surface area contributed by atoms with Crippen molar-refractivity contribution in [3.05, 3.63) is 0 Å². The Hall–Kier alpha value is -0.511. The van der Waals surface area contributed by atoms with Crippen LogP contribution in [-0.2, 0) is 47.1 Å². The average molecular weight is 340 g/mol. The van der Waals surface area contributed by atoms with Crippen LogP contribution in [0.5, 0.6) is 0 Å². The van der Waals surface area contributed by atoms with Gasteiger partial charge >= 0.3 is 17.1 Å². The molecular formula is C8H16CuN6OS2. The number of nitrogens with two attached hydrogens (primary N) is 1. The summed E-state index contributed by atoms with van der Waals surface area (Å²) >= 11 is 9.10. The smallest absolute Gasteiger partial charge is 0.742 e. The largest absolute Gasteiger partial charge is 2.00 e. The molecular weight excluding hydrogens is 324 g/mol. The van der Waals surface area contributed by atoms with Crippen LogP contribution in [0.1, 0.15) is 13.3 Å². The number of hydrogen-bond acceptors (Lipinski definition) is 7. The summed E-state index contributed by atoms with van der Waals surface area (Å²) in [5, 5.41) is 14.1. The van der Waals surface area contributed by atoms with E-state index in [1.807, 2.05) is 6.92 Å². The van der Waals surface area contributed by atoms with Gasteiger partial charge in [-0.25, -0.2) is 5.43 Å². The second-order valence-electron chi connectivity index (χ2n) is 2.89. The molecule has 5 N–H and O–H groups in total. The third-order valence-corrected chi connectivity index (χ3v) is 1.74. The van der Waals surface area contributed by atoms with Gasteiger partial charge in [-0.05, 0) is 23.7 Å². The van der Waals surface area contributed by atoms with Gasteiger partial charge in [-0.15, -0.1) is 0 Å². The molecule has 1 unspecified atom stereocenters. The van der Waals surface area contributed by atoms with Crippen molar-refractivity contribution in [3.8, 4) is 0 Å². The summed E-state index contributed by atoms with van der Waals surface area (Å²) in [6, 6.07) is -0.178. The van der Waals surface area contributed by atoms with Crippen LogP contribution in [0.2, 0.25) is 0 Å². The molecule has 18 heavy (non-hydrogen) atoms. The Balaban J connectivity index is 0. The summed E-state index contributed by atoms with van der Waals surface area (Å²) in [6.45, 7) is 3.11. The zero-order valence-electron chi connectivity index (χ0n) is 9.77. The van der Waals surface area contributed by atoms with Crippen molar-refractivity contribution >= 4 is 41.8 Å². The molecule has 0 saturated carbocycles. The van der Waals surface area contributed by atoms with Crippen LogP contribution in [-0.4, -0.2) is 35.8 Å². The van der Waals surface area contributed by atoms with Crippen LogP contribution in [0.15, 0.2) is 10.2 Å². The molecule has 0 heterocycles. The van der Waals surface area contributed by atoms with Gasteiger partial charge in [0.2, 0.25) is 0 Å². The van der Waals surface area contributed by atoms with Gasteiger partial charge in [-0.1, -0.05) is 0 Å². The number of nitrogens with one attached hydrogen (secondary N) is 3. The van der Waals surface area contributed by atoms with Crippen LogP contribution in [0.3, 0.4) is 0 Å². The van der Waals surface area contributed by atoms with Crippen molar-refractivity contribution in [1.29, 1.82) is 5.41 Å². The molecule has 0 aromatic carbocycles. The van der Waals surface area contributed by atoms with Crippen molar-refractivity contribution in [2.45, 2.75) is 19.4 Å². The Morgan fingerprint density at radius 1 is 1.56 bits per heavy atom. The molecule has 0 aliphatic rings. The van der Waals surface area contributed by atoms with E-state index in [1.54, 1.807) is 0 Å². The second kappa shape index (κ2) is 12.9.